The minimum absolute atomic E-state index is 0.0344. The Bertz CT molecular complexity index is 602. The fourth-order valence-corrected chi connectivity index (χ4v) is 2.09. The lowest BCUT2D eigenvalue weighted by atomic mass is 10.1. The molecule has 0 saturated carbocycles. The largest absolute Gasteiger partial charge is 0.452 e. The third-order valence-corrected chi connectivity index (χ3v) is 3.31. The smallest absolute Gasteiger partial charge is 0.165 e. The van der Waals surface area contributed by atoms with Crippen molar-refractivity contribution in [2.75, 3.05) is 0 Å². The second kappa shape index (κ2) is 6.50. The average molecular weight is 308 g/mol. The lowest BCUT2D eigenvalue weighted by Crippen LogP contribution is -2.35. The Hall–Kier alpha value is -1.52. The van der Waals surface area contributed by atoms with E-state index in [0.29, 0.717) is 23.1 Å². The molecule has 0 atom stereocenters. The molecule has 0 saturated heterocycles. The summed E-state index contributed by atoms with van der Waals surface area (Å²) in [4.78, 5) is 0. The van der Waals surface area contributed by atoms with Crippen molar-refractivity contribution in [3.63, 3.8) is 0 Å². The summed E-state index contributed by atoms with van der Waals surface area (Å²) in [6.45, 7) is 9.92. The Labute approximate surface area is 131 Å². The number of aryl methyl sites for hydroxylation is 1. The van der Waals surface area contributed by atoms with E-state index < -0.39 is 0 Å². The molecule has 1 heterocycles. The molecule has 0 spiro atoms. The predicted molar refractivity (Wildman–Crippen MR) is 86.0 cm³/mol. The van der Waals surface area contributed by atoms with Gasteiger partial charge in [0.2, 0.25) is 0 Å². The molecule has 1 aromatic heterocycles. The van der Waals surface area contributed by atoms with Crippen molar-refractivity contribution >= 4 is 11.6 Å². The van der Waals surface area contributed by atoms with Crippen LogP contribution in [0.4, 0.5) is 0 Å². The molecule has 0 aliphatic carbocycles. The summed E-state index contributed by atoms with van der Waals surface area (Å²) in [5.41, 5.74) is 1.06. The van der Waals surface area contributed by atoms with Crippen LogP contribution in [-0.2, 0) is 13.1 Å². The van der Waals surface area contributed by atoms with Gasteiger partial charge in [-0.05, 0) is 33.8 Å². The van der Waals surface area contributed by atoms with Gasteiger partial charge in [0, 0.05) is 24.2 Å². The van der Waals surface area contributed by atoms with Gasteiger partial charge >= 0.3 is 0 Å². The Morgan fingerprint density at radius 3 is 2.71 bits per heavy atom. The molecule has 0 radical (unpaired) electrons. The predicted octanol–water partition coefficient (Wildman–Crippen LogP) is 4.24. The highest BCUT2D eigenvalue weighted by atomic mass is 35.5. The molecular formula is C16H22ClN3O. The van der Waals surface area contributed by atoms with Crippen molar-refractivity contribution in [2.24, 2.45) is 0 Å². The number of rotatable bonds is 5. The van der Waals surface area contributed by atoms with Gasteiger partial charge in [-0.25, -0.2) is 0 Å². The van der Waals surface area contributed by atoms with E-state index >= 15 is 0 Å². The molecule has 2 aromatic rings. The van der Waals surface area contributed by atoms with Gasteiger partial charge in [0.25, 0.3) is 0 Å². The fraction of sp³-hybridized carbons (Fsp3) is 0.438. The quantitative estimate of drug-likeness (QED) is 0.898. The van der Waals surface area contributed by atoms with Gasteiger partial charge in [-0.2, -0.15) is 5.10 Å². The Balaban J connectivity index is 2.21. The van der Waals surface area contributed by atoms with E-state index in [1.54, 1.807) is 6.20 Å². The zero-order valence-corrected chi connectivity index (χ0v) is 13.7. The summed E-state index contributed by atoms with van der Waals surface area (Å²) >= 11 is 6.29. The Morgan fingerprint density at radius 1 is 1.33 bits per heavy atom. The second-order valence-corrected chi connectivity index (χ2v) is 6.37. The Kier molecular flexibility index (Phi) is 4.91. The normalized spacial score (nSPS) is 11.7. The van der Waals surface area contributed by atoms with Crippen molar-refractivity contribution in [3.05, 3.63) is 41.2 Å². The summed E-state index contributed by atoms with van der Waals surface area (Å²) < 4.78 is 7.75. The summed E-state index contributed by atoms with van der Waals surface area (Å²) in [5, 5.41) is 8.26. The summed E-state index contributed by atoms with van der Waals surface area (Å²) in [6, 6.07) is 5.79. The molecule has 21 heavy (non-hydrogen) atoms. The van der Waals surface area contributed by atoms with E-state index in [1.807, 2.05) is 36.0 Å². The third kappa shape index (κ3) is 4.48. The first-order chi connectivity index (χ1) is 9.89. The van der Waals surface area contributed by atoms with E-state index in [0.717, 1.165) is 12.1 Å². The molecule has 0 aliphatic heterocycles. The lowest BCUT2D eigenvalue weighted by molar-refractivity contribution is 0.414. The van der Waals surface area contributed by atoms with Crippen LogP contribution in [0.15, 0.2) is 30.6 Å². The standard InChI is InChI=1S/C16H22ClN3O/c1-5-20-11-13(10-19-20)21-15-12(7-6-8-14(15)17)9-18-16(2,3)4/h6-8,10-11,18H,5,9H2,1-4H3. The van der Waals surface area contributed by atoms with Crippen LogP contribution in [0.5, 0.6) is 11.5 Å². The number of nitrogens with one attached hydrogen (secondary N) is 1. The van der Waals surface area contributed by atoms with Gasteiger partial charge in [-0.1, -0.05) is 23.7 Å². The SMILES string of the molecule is CCn1cc(Oc2c(Cl)cccc2CNC(C)(C)C)cn1. The maximum atomic E-state index is 6.29. The van der Waals surface area contributed by atoms with E-state index in [1.165, 1.54) is 0 Å². The number of hydrogen-bond acceptors (Lipinski definition) is 3. The van der Waals surface area contributed by atoms with Crippen molar-refractivity contribution in [2.45, 2.75) is 46.3 Å². The molecule has 0 amide bonds. The molecule has 1 N–H and O–H groups in total. The van der Waals surface area contributed by atoms with Crippen molar-refractivity contribution < 1.29 is 4.74 Å². The van der Waals surface area contributed by atoms with Crippen molar-refractivity contribution in [3.8, 4) is 11.5 Å². The van der Waals surface area contributed by atoms with E-state index in [9.17, 15) is 0 Å². The maximum Gasteiger partial charge on any atom is 0.165 e. The summed E-state index contributed by atoms with van der Waals surface area (Å²) in [5.74, 6) is 1.38. The lowest BCUT2D eigenvalue weighted by Gasteiger charge is -2.21. The third-order valence-electron chi connectivity index (χ3n) is 3.01. The fourth-order valence-electron chi connectivity index (χ4n) is 1.86. The first-order valence-electron chi connectivity index (χ1n) is 7.12. The summed E-state index contributed by atoms with van der Waals surface area (Å²) in [6.07, 6.45) is 3.57. The highest BCUT2D eigenvalue weighted by Gasteiger charge is 2.14. The molecule has 1 aromatic carbocycles. The van der Waals surface area contributed by atoms with E-state index in [-0.39, 0.29) is 5.54 Å². The number of ether oxygens (including phenoxy) is 1. The highest BCUT2D eigenvalue weighted by Crippen LogP contribution is 2.33. The first-order valence-corrected chi connectivity index (χ1v) is 7.49. The van der Waals surface area contributed by atoms with Crippen LogP contribution < -0.4 is 10.1 Å². The average Bonchev–Trinajstić information content (AvgIpc) is 2.86. The minimum atomic E-state index is 0.0344. The van der Waals surface area contributed by atoms with Gasteiger partial charge in [-0.15, -0.1) is 0 Å². The van der Waals surface area contributed by atoms with Gasteiger partial charge in [0.1, 0.15) is 0 Å². The minimum Gasteiger partial charge on any atom is -0.452 e. The molecule has 2 rings (SSSR count). The van der Waals surface area contributed by atoms with E-state index in [4.69, 9.17) is 16.3 Å². The van der Waals surface area contributed by atoms with Gasteiger partial charge in [-0.3, -0.25) is 4.68 Å². The molecule has 0 fully saturated rings. The Morgan fingerprint density at radius 2 is 2.10 bits per heavy atom. The molecule has 0 aliphatic rings. The van der Waals surface area contributed by atoms with Crippen LogP contribution in [-0.4, -0.2) is 15.3 Å². The number of hydrogen-bond donors (Lipinski definition) is 1. The number of halogens is 1. The maximum absolute atomic E-state index is 6.29. The zero-order valence-electron chi connectivity index (χ0n) is 13.0. The second-order valence-electron chi connectivity index (χ2n) is 5.97. The molecule has 4 nitrogen and oxygen atoms in total. The number of aromatic nitrogens is 2. The van der Waals surface area contributed by atoms with Gasteiger partial charge in [0.15, 0.2) is 11.5 Å². The van der Waals surface area contributed by atoms with Crippen LogP contribution in [0.3, 0.4) is 0 Å². The number of nitrogens with zero attached hydrogens (tertiary/aromatic N) is 2. The first kappa shape index (κ1) is 15.9. The molecule has 5 heteroatoms. The number of benzene rings is 1. The van der Waals surface area contributed by atoms with Crippen LogP contribution in [0, 0.1) is 0 Å². The van der Waals surface area contributed by atoms with Crippen LogP contribution in [0.1, 0.15) is 33.3 Å². The molecule has 114 valence electrons. The monoisotopic (exact) mass is 307 g/mol. The zero-order chi connectivity index (χ0) is 15.5. The highest BCUT2D eigenvalue weighted by molar-refractivity contribution is 6.32. The van der Waals surface area contributed by atoms with Crippen LogP contribution in [0.25, 0.3) is 0 Å². The molecule has 0 bridgehead atoms. The molecule has 0 unspecified atom stereocenters. The van der Waals surface area contributed by atoms with E-state index in [2.05, 4.69) is 31.2 Å². The van der Waals surface area contributed by atoms with Gasteiger partial charge in [0.05, 0.1) is 17.4 Å². The van der Waals surface area contributed by atoms with Crippen molar-refractivity contribution in [1.29, 1.82) is 0 Å². The van der Waals surface area contributed by atoms with Crippen LogP contribution in [0.2, 0.25) is 5.02 Å². The molecular weight excluding hydrogens is 286 g/mol. The topological polar surface area (TPSA) is 39.1 Å². The van der Waals surface area contributed by atoms with Crippen LogP contribution >= 0.6 is 11.6 Å². The number of para-hydroxylation sites is 1. The van der Waals surface area contributed by atoms with Crippen molar-refractivity contribution in [1.82, 2.24) is 15.1 Å². The van der Waals surface area contributed by atoms with Gasteiger partial charge < -0.3 is 10.1 Å². The summed E-state index contributed by atoms with van der Waals surface area (Å²) in [7, 11) is 0.